The van der Waals surface area contributed by atoms with Crippen molar-refractivity contribution in [1.29, 1.82) is 0 Å². The van der Waals surface area contributed by atoms with Crippen molar-refractivity contribution in [1.82, 2.24) is 5.32 Å². The Bertz CT molecular complexity index is 247. The van der Waals surface area contributed by atoms with Gasteiger partial charge in [0.25, 0.3) is 0 Å². The van der Waals surface area contributed by atoms with E-state index in [4.69, 9.17) is 4.74 Å². The number of ether oxygens (including phenoxy) is 1. The summed E-state index contributed by atoms with van der Waals surface area (Å²) in [5.41, 5.74) is -0.593. The van der Waals surface area contributed by atoms with Gasteiger partial charge in [-0.1, -0.05) is 0 Å². The molecule has 0 saturated carbocycles. The molecule has 94 valence electrons. The first kappa shape index (κ1) is 14.9. The molecule has 1 amide bonds. The molecule has 0 aliphatic heterocycles. The Hall–Kier alpha value is -1.06. The van der Waals surface area contributed by atoms with Gasteiger partial charge in [0.1, 0.15) is 0 Å². The fraction of sp³-hybridized carbons (Fsp3) is 0.833. The minimum absolute atomic E-state index is 0.0210. The predicted molar refractivity (Wildman–Crippen MR) is 62.9 cm³/mol. The van der Waals surface area contributed by atoms with E-state index in [0.29, 0.717) is 19.4 Å². The van der Waals surface area contributed by atoms with Crippen LogP contribution in [0, 0.1) is 5.41 Å². The summed E-state index contributed by atoms with van der Waals surface area (Å²) in [6.45, 7) is 9.57. The van der Waals surface area contributed by atoms with Gasteiger partial charge in [-0.2, -0.15) is 0 Å². The first-order chi connectivity index (χ1) is 7.29. The molecule has 0 aromatic carbocycles. The molecule has 4 nitrogen and oxygen atoms in total. The largest absolute Gasteiger partial charge is 0.466 e. The van der Waals surface area contributed by atoms with E-state index < -0.39 is 5.41 Å². The van der Waals surface area contributed by atoms with Crippen LogP contribution in [-0.4, -0.2) is 24.5 Å². The number of hydrogen-bond donors (Lipinski definition) is 1. The Morgan fingerprint density at radius 1 is 1.31 bits per heavy atom. The minimum Gasteiger partial charge on any atom is -0.466 e. The van der Waals surface area contributed by atoms with Crippen molar-refractivity contribution in [3.05, 3.63) is 0 Å². The summed E-state index contributed by atoms with van der Waals surface area (Å²) < 4.78 is 4.95. The van der Waals surface area contributed by atoms with Crippen LogP contribution in [0.25, 0.3) is 0 Å². The fourth-order valence-corrected chi connectivity index (χ4v) is 1.25. The molecule has 0 heterocycles. The molecule has 0 aliphatic carbocycles. The number of carbonyl (C=O) groups is 2. The number of amides is 1. The van der Waals surface area contributed by atoms with Gasteiger partial charge in [0.2, 0.25) is 5.91 Å². The van der Waals surface area contributed by atoms with E-state index in [1.807, 2.05) is 13.8 Å². The van der Waals surface area contributed by atoms with Crippen LogP contribution >= 0.6 is 0 Å². The number of rotatable bonds is 6. The number of hydrogen-bond acceptors (Lipinski definition) is 3. The molecule has 0 atom stereocenters. The molecule has 0 aliphatic rings. The standard InChI is InChI=1S/C12H23NO3/c1-6-16-11(15)12(4,5)8-7-10(14)13-9(2)3/h9H,6-8H2,1-5H3,(H,13,14). The van der Waals surface area contributed by atoms with Crippen molar-refractivity contribution in [2.75, 3.05) is 6.61 Å². The third kappa shape index (κ3) is 5.73. The average molecular weight is 229 g/mol. The SMILES string of the molecule is CCOC(=O)C(C)(C)CCC(=O)NC(C)C. The molecule has 0 fully saturated rings. The third-order valence-electron chi connectivity index (χ3n) is 2.25. The van der Waals surface area contributed by atoms with Crippen molar-refractivity contribution in [3.8, 4) is 0 Å². The number of nitrogens with one attached hydrogen (secondary N) is 1. The highest BCUT2D eigenvalue weighted by Crippen LogP contribution is 2.24. The molecule has 0 bridgehead atoms. The molecular weight excluding hydrogens is 206 g/mol. The Morgan fingerprint density at radius 2 is 1.88 bits per heavy atom. The summed E-state index contributed by atoms with van der Waals surface area (Å²) in [6.07, 6.45) is 0.856. The van der Waals surface area contributed by atoms with E-state index in [-0.39, 0.29) is 17.9 Å². The predicted octanol–water partition coefficient (Wildman–Crippen LogP) is 1.88. The number of carbonyl (C=O) groups excluding carboxylic acids is 2. The number of esters is 1. The van der Waals surface area contributed by atoms with E-state index >= 15 is 0 Å². The fourth-order valence-electron chi connectivity index (χ4n) is 1.25. The Labute approximate surface area is 97.7 Å². The summed E-state index contributed by atoms with van der Waals surface area (Å²) >= 11 is 0. The van der Waals surface area contributed by atoms with E-state index in [0.717, 1.165) is 0 Å². The highest BCUT2D eigenvalue weighted by atomic mass is 16.5. The first-order valence-electron chi connectivity index (χ1n) is 5.76. The van der Waals surface area contributed by atoms with E-state index in [1.165, 1.54) is 0 Å². The maximum atomic E-state index is 11.5. The monoisotopic (exact) mass is 229 g/mol. The maximum absolute atomic E-state index is 11.5. The molecule has 0 radical (unpaired) electrons. The summed E-state index contributed by atoms with van der Waals surface area (Å²) in [4.78, 5) is 23.0. The zero-order valence-electron chi connectivity index (χ0n) is 10.9. The molecular formula is C12H23NO3. The second-order valence-corrected chi connectivity index (χ2v) is 4.83. The normalized spacial score (nSPS) is 11.4. The van der Waals surface area contributed by atoms with Gasteiger partial charge < -0.3 is 10.1 Å². The van der Waals surface area contributed by atoms with Crippen LogP contribution < -0.4 is 5.32 Å². The van der Waals surface area contributed by atoms with Crippen molar-refractivity contribution >= 4 is 11.9 Å². The topological polar surface area (TPSA) is 55.4 Å². The Balaban J connectivity index is 4.07. The van der Waals surface area contributed by atoms with Crippen LogP contribution in [0.4, 0.5) is 0 Å². The van der Waals surface area contributed by atoms with Crippen molar-refractivity contribution in [2.45, 2.75) is 53.5 Å². The molecule has 0 spiro atoms. The zero-order valence-corrected chi connectivity index (χ0v) is 10.9. The van der Waals surface area contributed by atoms with Gasteiger partial charge in [0, 0.05) is 12.5 Å². The highest BCUT2D eigenvalue weighted by molar-refractivity contribution is 5.79. The highest BCUT2D eigenvalue weighted by Gasteiger charge is 2.29. The molecule has 0 aromatic rings. The smallest absolute Gasteiger partial charge is 0.311 e. The van der Waals surface area contributed by atoms with Gasteiger partial charge in [-0.25, -0.2) is 0 Å². The van der Waals surface area contributed by atoms with Gasteiger partial charge in [-0.05, 0) is 41.0 Å². The second-order valence-electron chi connectivity index (χ2n) is 4.83. The second kappa shape index (κ2) is 6.51. The summed E-state index contributed by atoms with van der Waals surface area (Å²) in [7, 11) is 0. The van der Waals surface area contributed by atoms with Gasteiger partial charge in [0.05, 0.1) is 12.0 Å². The van der Waals surface area contributed by atoms with Crippen LogP contribution in [0.1, 0.15) is 47.5 Å². The summed E-state index contributed by atoms with van der Waals surface area (Å²) in [5.74, 6) is -0.264. The quantitative estimate of drug-likeness (QED) is 0.707. The third-order valence-corrected chi connectivity index (χ3v) is 2.25. The van der Waals surface area contributed by atoms with Crippen LogP contribution in [0.5, 0.6) is 0 Å². The molecule has 4 heteroatoms. The lowest BCUT2D eigenvalue weighted by molar-refractivity contribution is -0.153. The molecule has 0 aromatic heterocycles. The van der Waals surface area contributed by atoms with Gasteiger partial charge in [0.15, 0.2) is 0 Å². The molecule has 16 heavy (non-hydrogen) atoms. The lowest BCUT2D eigenvalue weighted by Gasteiger charge is -2.22. The molecule has 0 rings (SSSR count). The Morgan fingerprint density at radius 3 is 2.31 bits per heavy atom. The van der Waals surface area contributed by atoms with Gasteiger partial charge in [-0.3, -0.25) is 9.59 Å². The van der Waals surface area contributed by atoms with Crippen LogP contribution in [-0.2, 0) is 14.3 Å². The van der Waals surface area contributed by atoms with Crippen LogP contribution in [0.2, 0.25) is 0 Å². The van der Waals surface area contributed by atoms with Crippen molar-refractivity contribution < 1.29 is 14.3 Å². The Kier molecular flexibility index (Phi) is 6.08. The lowest BCUT2D eigenvalue weighted by atomic mass is 9.88. The summed E-state index contributed by atoms with van der Waals surface area (Å²) in [6, 6.07) is 0.137. The van der Waals surface area contributed by atoms with Crippen LogP contribution in [0.15, 0.2) is 0 Å². The van der Waals surface area contributed by atoms with Crippen molar-refractivity contribution in [2.24, 2.45) is 5.41 Å². The van der Waals surface area contributed by atoms with Crippen LogP contribution in [0.3, 0.4) is 0 Å². The summed E-state index contributed by atoms with van der Waals surface area (Å²) in [5, 5.41) is 2.80. The van der Waals surface area contributed by atoms with Crippen molar-refractivity contribution in [3.63, 3.8) is 0 Å². The van der Waals surface area contributed by atoms with E-state index in [9.17, 15) is 9.59 Å². The molecule has 0 saturated heterocycles. The van der Waals surface area contributed by atoms with E-state index in [1.54, 1.807) is 20.8 Å². The van der Waals surface area contributed by atoms with E-state index in [2.05, 4.69) is 5.32 Å². The molecule has 0 unspecified atom stereocenters. The minimum atomic E-state index is -0.593. The molecule has 1 N–H and O–H groups in total. The first-order valence-corrected chi connectivity index (χ1v) is 5.76. The average Bonchev–Trinajstić information content (AvgIpc) is 2.14. The van der Waals surface area contributed by atoms with Gasteiger partial charge >= 0.3 is 5.97 Å². The zero-order chi connectivity index (χ0) is 12.8. The lowest BCUT2D eigenvalue weighted by Crippen LogP contribution is -2.33. The van der Waals surface area contributed by atoms with Gasteiger partial charge in [-0.15, -0.1) is 0 Å². The maximum Gasteiger partial charge on any atom is 0.311 e.